The Morgan fingerprint density at radius 1 is 1.06 bits per heavy atom. The molecule has 31 heavy (non-hydrogen) atoms. The maximum absolute atomic E-state index is 13.4. The monoisotopic (exact) mass is 445 g/mol. The Morgan fingerprint density at radius 3 is 2.32 bits per heavy atom. The van der Waals surface area contributed by atoms with Gasteiger partial charge in [-0.05, 0) is 24.5 Å². The molecule has 0 radical (unpaired) electrons. The first-order valence-corrected chi connectivity index (χ1v) is 12.0. The van der Waals surface area contributed by atoms with Crippen LogP contribution in [0.2, 0.25) is 0 Å². The highest BCUT2D eigenvalue weighted by molar-refractivity contribution is 7.91. The van der Waals surface area contributed by atoms with Gasteiger partial charge in [-0.3, -0.25) is 15.0 Å². The first-order valence-electron chi connectivity index (χ1n) is 10.5. The number of nitrogens with one attached hydrogen (secondary N) is 1. The molecule has 0 unspecified atom stereocenters. The highest BCUT2D eigenvalue weighted by Gasteiger charge is 2.54. The number of aromatic nitrogens is 1. The lowest BCUT2D eigenvalue weighted by Gasteiger charge is -2.40. The number of ether oxygens (including phenoxy) is 1. The number of hydroxylamine groups is 1. The maximum atomic E-state index is 13.4. The van der Waals surface area contributed by atoms with Gasteiger partial charge in [0.2, 0.25) is 10.0 Å². The van der Waals surface area contributed by atoms with Gasteiger partial charge in [-0.1, -0.05) is 36.4 Å². The van der Waals surface area contributed by atoms with Crippen molar-refractivity contribution < 1.29 is 23.2 Å². The third-order valence-electron chi connectivity index (χ3n) is 6.42. The Kier molecular flexibility index (Phi) is 6.38. The number of amides is 1. The highest BCUT2D eigenvalue weighted by atomic mass is 32.2. The van der Waals surface area contributed by atoms with E-state index in [1.54, 1.807) is 5.48 Å². The average Bonchev–Trinajstić information content (AvgIpc) is 2.84. The number of hydrogen-bond acceptors (Lipinski definition) is 6. The van der Waals surface area contributed by atoms with Crippen molar-refractivity contribution in [3.63, 3.8) is 0 Å². The number of hydrogen-bond donors (Lipinski definition) is 2. The molecule has 2 N–H and O–H groups in total. The van der Waals surface area contributed by atoms with Crippen molar-refractivity contribution in [3.8, 4) is 11.1 Å². The minimum Gasteiger partial charge on any atom is -0.381 e. The molecule has 8 nitrogen and oxygen atoms in total. The van der Waals surface area contributed by atoms with Crippen LogP contribution in [0.3, 0.4) is 0 Å². The smallest absolute Gasteiger partial charge is 0.266 e. The Hall–Kier alpha value is -2.33. The number of piperidine rings is 1. The zero-order chi connectivity index (χ0) is 21.9. The molecule has 2 fully saturated rings. The molecule has 2 aliphatic heterocycles. The summed E-state index contributed by atoms with van der Waals surface area (Å²) in [5, 5.41) is 9.18. The van der Waals surface area contributed by atoms with E-state index in [0.29, 0.717) is 25.9 Å². The topological polar surface area (TPSA) is 109 Å². The summed E-state index contributed by atoms with van der Waals surface area (Å²) in [6, 6.07) is 14.1. The number of rotatable bonds is 5. The van der Waals surface area contributed by atoms with Gasteiger partial charge in [-0.15, -0.1) is 0 Å². The summed E-state index contributed by atoms with van der Waals surface area (Å²) in [5.74, 6) is -0.718. The zero-order valence-electron chi connectivity index (χ0n) is 17.2. The van der Waals surface area contributed by atoms with Crippen LogP contribution in [0.25, 0.3) is 11.1 Å². The summed E-state index contributed by atoms with van der Waals surface area (Å²) in [7, 11) is -3.95. The second-order valence-electron chi connectivity index (χ2n) is 8.06. The van der Waals surface area contributed by atoms with Gasteiger partial charge in [0.05, 0.1) is 0 Å². The van der Waals surface area contributed by atoms with Gasteiger partial charge in [0.1, 0.15) is 0 Å². The van der Waals surface area contributed by atoms with Crippen LogP contribution in [0, 0.1) is 0 Å². The lowest BCUT2D eigenvalue weighted by atomic mass is 9.93. The van der Waals surface area contributed by atoms with Gasteiger partial charge in [0.15, 0.2) is 4.75 Å². The molecule has 1 aromatic heterocycles. The van der Waals surface area contributed by atoms with Gasteiger partial charge < -0.3 is 4.74 Å². The molecule has 2 saturated heterocycles. The van der Waals surface area contributed by atoms with E-state index in [0.717, 1.165) is 16.8 Å². The second-order valence-corrected chi connectivity index (χ2v) is 10.3. The van der Waals surface area contributed by atoms with Crippen molar-refractivity contribution in [2.45, 2.75) is 36.3 Å². The minimum absolute atomic E-state index is 0.0319. The Balaban J connectivity index is 1.46. The van der Waals surface area contributed by atoms with Gasteiger partial charge in [0, 0.05) is 62.5 Å². The molecule has 9 heteroatoms. The van der Waals surface area contributed by atoms with E-state index in [1.165, 1.54) is 4.31 Å². The van der Waals surface area contributed by atoms with Crippen molar-refractivity contribution in [2.75, 3.05) is 26.3 Å². The van der Waals surface area contributed by atoms with Gasteiger partial charge >= 0.3 is 0 Å². The van der Waals surface area contributed by atoms with Gasteiger partial charge in [0.25, 0.3) is 5.91 Å². The number of carbonyl (C=O) groups is 1. The molecule has 166 valence electrons. The molecule has 2 aliphatic rings. The van der Waals surface area contributed by atoms with Crippen LogP contribution in [0.5, 0.6) is 0 Å². The normalized spacial score (nSPS) is 20.3. The van der Waals surface area contributed by atoms with E-state index in [9.17, 15) is 18.4 Å². The van der Waals surface area contributed by atoms with Crippen LogP contribution in [0.15, 0.2) is 48.7 Å². The summed E-state index contributed by atoms with van der Waals surface area (Å²) in [5.41, 5.74) is 4.66. The Labute approximate surface area is 182 Å². The fourth-order valence-corrected chi connectivity index (χ4v) is 6.64. The third-order valence-corrected chi connectivity index (χ3v) is 9.04. The number of nitrogens with zero attached hydrogens (tertiary/aromatic N) is 2. The summed E-state index contributed by atoms with van der Waals surface area (Å²) < 4.78 is 31.8. The highest BCUT2D eigenvalue weighted by Crippen LogP contribution is 2.36. The fraction of sp³-hybridized carbons (Fsp3) is 0.455. The van der Waals surface area contributed by atoms with Crippen LogP contribution in [-0.2, 0) is 19.6 Å². The molecule has 0 aliphatic carbocycles. The minimum atomic E-state index is -3.95. The molecule has 0 atom stereocenters. The second kappa shape index (κ2) is 9.04. The van der Waals surface area contributed by atoms with Crippen molar-refractivity contribution >= 4 is 15.9 Å². The standard InChI is InChI=1S/C22H27N3O5S/c26-21(24-27)22(10-14-30-15-11-22)31(28,29)25-12-8-18(9-13-25)20-7-6-19(16-23-20)17-4-2-1-3-5-17/h1-7,16,18,27H,8-15H2,(H,24,26). The Bertz CT molecular complexity index is 997. The molecule has 4 rings (SSSR count). The Morgan fingerprint density at radius 2 is 1.74 bits per heavy atom. The van der Waals surface area contributed by atoms with Crippen LogP contribution in [0.1, 0.15) is 37.3 Å². The van der Waals surface area contributed by atoms with E-state index in [2.05, 4.69) is 4.98 Å². The lowest BCUT2D eigenvalue weighted by Crippen LogP contribution is -2.60. The van der Waals surface area contributed by atoms with E-state index >= 15 is 0 Å². The number of sulfonamides is 1. The number of benzene rings is 1. The predicted molar refractivity (Wildman–Crippen MR) is 115 cm³/mol. The predicted octanol–water partition coefficient (Wildman–Crippen LogP) is 2.31. The van der Waals surface area contributed by atoms with Crippen LogP contribution >= 0.6 is 0 Å². The molecule has 0 spiro atoms. The summed E-state index contributed by atoms with van der Waals surface area (Å²) in [4.78, 5) is 17.0. The maximum Gasteiger partial charge on any atom is 0.266 e. The largest absolute Gasteiger partial charge is 0.381 e. The molecule has 0 bridgehead atoms. The third kappa shape index (κ3) is 4.10. The summed E-state index contributed by atoms with van der Waals surface area (Å²) in [6.07, 6.45) is 3.18. The molecule has 2 aromatic rings. The molecular weight excluding hydrogens is 418 g/mol. The van der Waals surface area contributed by atoms with Crippen molar-refractivity contribution in [1.29, 1.82) is 0 Å². The van der Waals surface area contributed by atoms with Crippen molar-refractivity contribution in [3.05, 3.63) is 54.4 Å². The van der Waals surface area contributed by atoms with Gasteiger partial charge in [-0.25, -0.2) is 18.2 Å². The zero-order valence-corrected chi connectivity index (χ0v) is 18.1. The SMILES string of the molecule is O=C(NO)C1(S(=O)(=O)N2CCC(c3ccc(-c4ccccc4)cn3)CC2)CCOCC1. The van der Waals surface area contributed by atoms with Crippen molar-refractivity contribution in [2.24, 2.45) is 0 Å². The number of pyridine rings is 1. The lowest BCUT2D eigenvalue weighted by molar-refractivity contribution is -0.134. The summed E-state index contributed by atoms with van der Waals surface area (Å²) in [6.45, 7) is 0.967. The summed E-state index contributed by atoms with van der Waals surface area (Å²) >= 11 is 0. The fourth-order valence-electron chi connectivity index (χ4n) is 4.49. The van der Waals surface area contributed by atoms with E-state index in [4.69, 9.17) is 4.74 Å². The molecule has 1 amide bonds. The first-order chi connectivity index (χ1) is 15.0. The van der Waals surface area contributed by atoms with E-state index in [-0.39, 0.29) is 32.0 Å². The van der Waals surface area contributed by atoms with Gasteiger partial charge in [-0.2, -0.15) is 0 Å². The molecular formula is C22H27N3O5S. The van der Waals surface area contributed by atoms with Crippen molar-refractivity contribution in [1.82, 2.24) is 14.8 Å². The number of carbonyl (C=O) groups excluding carboxylic acids is 1. The van der Waals surface area contributed by atoms with E-state index < -0.39 is 20.7 Å². The quantitative estimate of drug-likeness (QED) is 0.540. The van der Waals surface area contributed by atoms with Crippen LogP contribution in [0.4, 0.5) is 0 Å². The molecule has 3 heterocycles. The van der Waals surface area contributed by atoms with Crippen LogP contribution < -0.4 is 5.48 Å². The van der Waals surface area contributed by atoms with Crippen LogP contribution in [-0.4, -0.2) is 59.9 Å². The van der Waals surface area contributed by atoms with E-state index in [1.807, 2.05) is 48.7 Å². The average molecular weight is 446 g/mol. The first kappa shape index (κ1) is 21.9. The molecule has 0 saturated carbocycles. The molecule has 1 aromatic carbocycles.